The molecule has 0 fully saturated rings. The molecule has 29 nitrogen and oxygen atoms in total. The normalized spacial score (nSPS) is 14.9. The van der Waals surface area contributed by atoms with Crippen LogP contribution in [0.15, 0.2) is 218 Å². The number of benzene rings is 1. The molecule has 728 valence electrons. The summed E-state index contributed by atoms with van der Waals surface area (Å²) in [5, 5.41) is 43.3. The molecule has 142 heavy (non-hydrogen) atoms. The first-order chi connectivity index (χ1) is 66.6. The van der Waals surface area contributed by atoms with Crippen molar-refractivity contribution in [2.75, 3.05) is 58.9 Å². The maximum absolute atomic E-state index is 13.7. The van der Waals surface area contributed by atoms with E-state index in [1.165, 1.54) is 5.56 Å². The number of pyridine rings is 12. The fourth-order valence-corrected chi connectivity index (χ4v) is 17.8. The van der Waals surface area contributed by atoms with Crippen molar-refractivity contribution in [1.29, 1.82) is 0 Å². The van der Waals surface area contributed by atoms with Gasteiger partial charge in [0.2, 0.25) is 0 Å². The van der Waals surface area contributed by atoms with E-state index in [4.69, 9.17) is 65.5 Å². The van der Waals surface area contributed by atoms with Crippen LogP contribution in [0.5, 0.6) is 0 Å². The molecular weight excluding hydrogens is 2210 g/mol. The van der Waals surface area contributed by atoms with Gasteiger partial charge in [0.05, 0.1) is 126 Å². The van der Waals surface area contributed by atoms with E-state index in [0.29, 0.717) is 187 Å². The fourth-order valence-electron chi connectivity index (χ4n) is 17.8. The smallest absolute Gasteiger partial charge is 0.549 e. The van der Waals surface area contributed by atoms with Crippen LogP contribution in [0.1, 0.15) is 196 Å². The van der Waals surface area contributed by atoms with Crippen molar-refractivity contribution in [3.05, 3.63) is 320 Å². The predicted molar refractivity (Wildman–Crippen MR) is 524 cm³/mol. The van der Waals surface area contributed by atoms with Crippen molar-refractivity contribution in [2.45, 2.75) is 159 Å². The molecule has 0 amide bonds. The molecule has 6 aliphatic rings. The monoisotopic (exact) mass is 2320 g/mol. The molecule has 6 aliphatic heterocycles. The molecule has 0 aliphatic carbocycles. The van der Waals surface area contributed by atoms with Crippen LogP contribution in [-0.2, 0) is 98.7 Å². The van der Waals surface area contributed by atoms with Gasteiger partial charge in [0.25, 0.3) is 0 Å². The summed E-state index contributed by atoms with van der Waals surface area (Å²) in [5.74, 6) is -4.77. The van der Waals surface area contributed by atoms with Crippen LogP contribution in [0.25, 0.3) is 68.3 Å². The number of hydrogen-bond donors (Lipinski definition) is 2. The fraction of sp³-hybridized carbons (Fsp3) is 0.336. The summed E-state index contributed by atoms with van der Waals surface area (Å²) in [7, 11) is 0. The number of carboxylic acid groups (broad SMARTS) is 4. The Hall–Kier alpha value is -9.58. The van der Waals surface area contributed by atoms with Crippen molar-refractivity contribution in [3.8, 4) is 68.3 Å². The molecule has 1 aromatic carbocycles. The second kappa shape index (κ2) is 54.0. The van der Waals surface area contributed by atoms with Gasteiger partial charge in [-0.2, -0.15) is 0 Å². The molecule has 0 saturated carbocycles. The summed E-state index contributed by atoms with van der Waals surface area (Å²) in [6.07, 6.45) is 4.52. The summed E-state index contributed by atoms with van der Waals surface area (Å²) in [6.45, 7) is 17.8. The molecule has 18 heterocycles. The van der Waals surface area contributed by atoms with E-state index < -0.39 is 23.9 Å². The number of carbonyl (C=O) groups is 7. The van der Waals surface area contributed by atoms with Crippen LogP contribution < -0.4 is 21.1 Å². The Balaban J connectivity index is 0.000000209. The number of ketones is 3. The zero-order chi connectivity index (χ0) is 97.0. The van der Waals surface area contributed by atoms with Gasteiger partial charge in [-0.1, -0.05) is 129 Å². The number of carboxylic acids is 4. The van der Waals surface area contributed by atoms with Crippen molar-refractivity contribution in [3.63, 3.8) is 0 Å². The van der Waals surface area contributed by atoms with Gasteiger partial charge in [-0.15, -0.1) is 0 Å². The first-order valence-corrected chi connectivity index (χ1v) is 47.2. The summed E-state index contributed by atoms with van der Waals surface area (Å²) in [4.78, 5) is 157. The van der Waals surface area contributed by atoms with Crippen LogP contribution in [0, 0.1) is 172 Å². The standard InChI is InChI=1S/C45H44N8O2.C42H37N7O3.C22H35N3O6.CH4.3Eu/c1-28(2)45(55)31-22-36-20-29-18-32-8-3-12-38(47-32)40-14-5-10-34(49-40)25-53(26-35-11-6-15-41(50-35)39-13-4-9-33(19-29)48-39)27-37-21-30(44(54)16-7-17-46)23-42(52-37)43(24-31)51-36;1-25(2)41(50)27-18-33-17-26-15-29-7-3-11-35(43-29)37-13-5-9-31(45-37)22-49(24-34-19-28(42(51)52)21-40(48-34)39(20-27)47-33)23-32-10-6-14-38(46-32)36-12-4-8-30(16-26)44-36;1-4-23(14-20(26)27)9-10-24(15-21(28)29)11-12-25(16-22(30)31)13-18-5-7-19(8-6-18)17(2)3;;;;/h3-6,8-15,21-24,28-29H,7,16-20,25-27,46H2,1-2H3;3-14,18-21,25-26H,15-17,22-24H2,1-2H3,(H,51,52);5-8,17H,4,9-16H2,1-3H3,(H,26,27)(H,28,29)(H,30,31);1H4;;;/q;;;;3*+3/p-3. The van der Waals surface area contributed by atoms with Gasteiger partial charge in [0, 0.05) is 161 Å². The third-order valence-electron chi connectivity index (χ3n) is 24.7. The van der Waals surface area contributed by atoms with Gasteiger partial charge in [-0.05, 0) is 233 Å². The molecule has 3 N–H and O–H groups in total. The number of nitrogens with two attached hydrogens (primary N) is 1. The number of Topliss-reactive ketones (excluding diaryl/α,β-unsaturated/α-hetero) is 3. The van der Waals surface area contributed by atoms with Gasteiger partial charge in [-0.3, -0.25) is 68.8 Å². The molecule has 12 aromatic heterocycles. The molecule has 0 saturated heterocycles. The van der Waals surface area contributed by atoms with Gasteiger partial charge in [-0.25, -0.2) is 34.7 Å². The molecular formula is C110H117Eu3N18O11+6. The van der Waals surface area contributed by atoms with E-state index in [-0.39, 0.29) is 228 Å². The number of rotatable bonds is 25. The second-order valence-corrected chi connectivity index (χ2v) is 36.8. The SMILES string of the molecule is C.CC(C)C(=O)c1cc2nc(c1)-c1cc(C(=O)CCCN)cc(n1)CN1Cc3cccc(n3)-c3cccc(n3)CC(Cc3cccc(n3)-c3cccc(n3)C1)C2.CC(C)C(=O)c1cc2nc(c1)-c1cc(C(=O)O)cc(n1)CN1Cc3cccc(n3)-c3cccc(n3)CC(Cc3cccc(n3)-c3cccc(n3)C1)C2.CCN(CCN(CCN(CC(=O)[O-])Cc1ccc(C(C)C)cc1)CC(=O)[O-])CC(=O)[O-].[Eu+3].[Eu+3].[Eu+3]. The van der Waals surface area contributed by atoms with Crippen molar-refractivity contribution >= 4 is 41.2 Å². The molecule has 28 bridgehead atoms. The Morgan fingerprint density at radius 2 is 0.627 bits per heavy atom. The summed E-state index contributed by atoms with van der Waals surface area (Å²) >= 11 is 0. The summed E-state index contributed by atoms with van der Waals surface area (Å²) < 4.78 is 0. The summed E-state index contributed by atoms with van der Waals surface area (Å²) in [6, 6.07) is 70.5. The Morgan fingerprint density at radius 1 is 0.352 bits per heavy atom. The maximum Gasteiger partial charge on any atom is 3.00 e. The van der Waals surface area contributed by atoms with Crippen LogP contribution in [-0.4, -0.2) is 190 Å². The predicted octanol–water partition coefficient (Wildman–Crippen LogP) is 12.5. The van der Waals surface area contributed by atoms with E-state index in [1.54, 1.807) is 39.8 Å². The Bertz CT molecular complexity index is 6420. The van der Waals surface area contributed by atoms with Crippen molar-refractivity contribution < 1.29 is 202 Å². The van der Waals surface area contributed by atoms with Gasteiger partial charge in [0.15, 0.2) is 17.3 Å². The van der Waals surface area contributed by atoms with Gasteiger partial charge < -0.3 is 40.5 Å². The first-order valence-electron chi connectivity index (χ1n) is 47.2. The Kier molecular flexibility index (Phi) is 42.9. The zero-order valence-electron chi connectivity index (χ0n) is 80.0. The minimum absolute atomic E-state index is 0. The van der Waals surface area contributed by atoms with Crippen LogP contribution >= 0.6 is 0 Å². The molecule has 13 aromatic rings. The molecule has 0 atom stereocenters. The molecule has 0 radical (unpaired) electrons. The number of nitrogens with zero attached hydrogens (tertiary/aromatic N) is 17. The Morgan fingerprint density at radius 3 is 0.958 bits per heavy atom. The molecule has 0 unspecified atom stereocenters. The number of aliphatic carboxylic acids is 3. The van der Waals surface area contributed by atoms with E-state index in [0.717, 1.165) is 108 Å². The molecule has 32 heteroatoms. The van der Waals surface area contributed by atoms with Gasteiger partial charge in [0.1, 0.15) is 0 Å². The van der Waals surface area contributed by atoms with Crippen LogP contribution in [0.3, 0.4) is 0 Å². The largest absolute Gasteiger partial charge is 3.00 e. The topological polar surface area (TPSA) is 406 Å². The van der Waals surface area contributed by atoms with E-state index >= 15 is 0 Å². The average Bonchev–Trinajstić information content (AvgIpc) is 0.798. The zero-order valence-corrected chi connectivity index (χ0v) is 87.3. The van der Waals surface area contributed by atoms with Crippen molar-refractivity contribution in [1.82, 2.24) is 84.3 Å². The van der Waals surface area contributed by atoms with Gasteiger partial charge >= 0.3 is 154 Å². The van der Waals surface area contributed by atoms with Crippen LogP contribution in [0.2, 0.25) is 0 Å². The number of aromatic nitrogens is 12. The third-order valence-corrected chi connectivity index (χ3v) is 24.7. The first kappa shape index (κ1) is 113. The molecule has 0 spiro atoms. The number of likely N-dealkylation sites (N-methyl/N-ethyl adjacent to an activating group) is 1. The van der Waals surface area contributed by atoms with Crippen molar-refractivity contribution in [2.24, 2.45) is 29.4 Å². The minimum Gasteiger partial charge on any atom is -0.549 e. The number of hydrogen-bond acceptors (Lipinski definition) is 28. The number of carbonyl (C=O) groups excluding carboxylic acids is 6. The molecule has 19 rings (SSSR count). The van der Waals surface area contributed by atoms with Crippen LogP contribution in [0.4, 0.5) is 0 Å². The quantitative estimate of drug-likeness (QED) is 0.0502. The maximum atomic E-state index is 13.7. The second-order valence-electron chi connectivity index (χ2n) is 36.8. The summed E-state index contributed by atoms with van der Waals surface area (Å²) in [5.41, 5.74) is 27.9. The van der Waals surface area contributed by atoms with E-state index in [2.05, 4.69) is 35.8 Å². The third kappa shape index (κ3) is 32.2. The van der Waals surface area contributed by atoms with E-state index in [1.807, 2.05) is 216 Å². The van der Waals surface area contributed by atoms with E-state index in [9.17, 15) is 54.0 Å². The average molecular weight is 2320 g/mol. The minimum atomic E-state index is -1.25. The Labute approximate surface area is 951 Å². The number of aromatic carboxylic acids is 1.